The molecule has 150 valence electrons. The van der Waals surface area contributed by atoms with Gasteiger partial charge in [0, 0.05) is 49.8 Å². The molecule has 0 bridgehead atoms. The summed E-state index contributed by atoms with van der Waals surface area (Å²) in [7, 11) is 0. The predicted molar refractivity (Wildman–Crippen MR) is 109 cm³/mol. The van der Waals surface area contributed by atoms with Crippen molar-refractivity contribution >= 4 is 5.96 Å². The van der Waals surface area contributed by atoms with E-state index >= 15 is 0 Å². The molecule has 3 aliphatic rings. The summed E-state index contributed by atoms with van der Waals surface area (Å²) in [6, 6.07) is 1.73. The molecule has 2 unspecified atom stereocenters. The van der Waals surface area contributed by atoms with Gasteiger partial charge in [0.1, 0.15) is 0 Å². The lowest BCUT2D eigenvalue weighted by Crippen LogP contribution is -2.65. The summed E-state index contributed by atoms with van der Waals surface area (Å²) < 4.78 is 6.07. The van der Waals surface area contributed by atoms with Gasteiger partial charge in [-0.15, -0.1) is 0 Å². The average molecular weight is 365 g/mol. The molecule has 1 saturated heterocycles. The van der Waals surface area contributed by atoms with Crippen LogP contribution in [-0.2, 0) is 4.74 Å². The molecular formula is C21H40N4O. The molecule has 3 fully saturated rings. The van der Waals surface area contributed by atoms with E-state index < -0.39 is 0 Å². The molecule has 0 aromatic rings. The van der Waals surface area contributed by atoms with E-state index in [0.717, 1.165) is 25.5 Å². The van der Waals surface area contributed by atoms with E-state index in [-0.39, 0.29) is 0 Å². The Bertz CT molecular complexity index is 465. The maximum Gasteiger partial charge on any atom is 0.191 e. The van der Waals surface area contributed by atoms with E-state index in [9.17, 15) is 0 Å². The first kappa shape index (κ1) is 19.9. The Morgan fingerprint density at radius 1 is 1.15 bits per heavy atom. The number of hydrogen-bond donors (Lipinski definition) is 2. The Morgan fingerprint density at radius 2 is 1.85 bits per heavy atom. The number of hydrogen-bond acceptors (Lipinski definition) is 3. The van der Waals surface area contributed by atoms with Crippen LogP contribution in [0.5, 0.6) is 0 Å². The van der Waals surface area contributed by atoms with Gasteiger partial charge >= 0.3 is 0 Å². The van der Waals surface area contributed by atoms with Crippen molar-refractivity contribution in [1.82, 2.24) is 15.5 Å². The smallest absolute Gasteiger partial charge is 0.191 e. The molecular weight excluding hydrogens is 324 g/mol. The highest BCUT2D eigenvalue weighted by Gasteiger charge is 2.57. The largest absolute Gasteiger partial charge is 0.378 e. The molecule has 5 heteroatoms. The lowest BCUT2D eigenvalue weighted by Gasteiger charge is -2.54. The van der Waals surface area contributed by atoms with E-state index in [1.165, 1.54) is 51.6 Å². The second-order valence-corrected chi connectivity index (χ2v) is 8.69. The third kappa shape index (κ3) is 4.19. The zero-order valence-corrected chi connectivity index (χ0v) is 17.4. The molecule has 2 atom stereocenters. The van der Waals surface area contributed by atoms with Gasteiger partial charge in [-0.05, 0) is 59.8 Å². The van der Waals surface area contributed by atoms with Gasteiger partial charge in [-0.25, -0.2) is 0 Å². The highest BCUT2D eigenvalue weighted by atomic mass is 16.5. The Morgan fingerprint density at radius 3 is 2.42 bits per heavy atom. The fourth-order valence-corrected chi connectivity index (χ4v) is 5.30. The van der Waals surface area contributed by atoms with Gasteiger partial charge in [0.25, 0.3) is 0 Å². The Balaban J connectivity index is 1.55. The first-order valence-electron chi connectivity index (χ1n) is 11.0. The minimum atomic E-state index is 0.354. The summed E-state index contributed by atoms with van der Waals surface area (Å²) in [5.74, 6) is 1.03. The van der Waals surface area contributed by atoms with Gasteiger partial charge in [-0.3, -0.25) is 4.99 Å². The van der Waals surface area contributed by atoms with Crippen LogP contribution in [0.4, 0.5) is 0 Å². The Labute approximate surface area is 160 Å². The molecule has 5 nitrogen and oxygen atoms in total. The van der Waals surface area contributed by atoms with E-state index in [4.69, 9.17) is 9.73 Å². The van der Waals surface area contributed by atoms with Gasteiger partial charge in [0.2, 0.25) is 0 Å². The summed E-state index contributed by atoms with van der Waals surface area (Å²) in [6.45, 7) is 12.9. The van der Waals surface area contributed by atoms with Crippen LogP contribution < -0.4 is 10.6 Å². The number of nitrogens with zero attached hydrogens (tertiary/aromatic N) is 2. The van der Waals surface area contributed by atoms with Crippen molar-refractivity contribution < 1.29 is 4.74 Å². The van der Waals surface area contributed by atoms with Crippen molar-refractivity contribution in [1.29, 1.82) is 0 Å². The molecule has 0 amide bonds. The lowest BCUT2D eigenvalue weighted by molar-refractivity contribution is -0.125. The molecule has 2 saturated carbocycles. The maximum atomic E-state index is 6.07. The van der Waals surface area contributed by atoms with Gasteiger partial charge in [0.05, 0.1) is 6.10 Å². The van der Waals surface area contributed by atoms with Crippen LogP contribution in [0.15, 0.2) is 4.99 Å². The number of guanidine groups is 1. The molecule has 1 aliphatic heterocycles. The van der Waals surface area contributed by atoms with Crippen LogP contribution in [0.3, 0.4) is 0 Å². The predicted octanol–water partition coefficient (Wildman–Crippen LogP) is 3.15. The molecule has 2 N–H and O–H groups in total. The highest BCUT2D eigenvalue weighted by Crippen LogP contribution is 2.54. The average Bonchev–Trinajstić information content (AvgIpc) is 3.14. The summed E-state index contributed by atoms with van der Waals surface area (Å²) in [6.07, 6.45) is 9.31. The fourth-order valence-electron chi connectivity index (χ4n) is 5.30. The minimum Gasteiger partial charge on any atom is -0.378 e. The SMILES string of the molecule is CCN=C(NC1CCN(C(C)C)CC1)NC1CC(OCC)C12CCCC2. The molecule has 1 spiro atoms. The molecule has 0 aromatic heterocycles. The Kier molecular flexibility index (Phi) is 6.84. The van der Waals surface area contributed by atoms with Crippen LogP contribution in [0.2, 0.25) is 0 Å². The van der Waals surface area contributed by atoms with Crippen molar-refractivity contribution in [2.45, 2.75) is 96.9 Å². The van der Waals surface area contributed by atoms with E-state index in [0.29, 0.717) is 29.6 Å². The topological polar surface area (TPSA) is 48.9 Å². The normalized spacial score (nSPS) is 30.0. The van der Waals surface area contributed by atoms with Gasteiger partial charge in [-0.2, -0.15) is 0 Å². The van der Waals surface area contributed by atoms with Crippen LogP contribution >= 0.6 is 0 Å². The lowest BCUT2D eigenvalue weighted by atomic mass is 9.60. The van der Waals surface area contributed by atoms with Gasteiger partial charge in [0.15, 0.2) is 5.96 Å². The molecule has 0 aromatic carbocycles. The van der Waals surface area contributed by atoms with E-state index in [1.54, 1.807) is 0 Å². The standard InChI is InChI=1S/C21H40N4O/c1-5-22-20(23-17-9-13-25(14-10-17)16(3)4)24-18-15-19(26-6-2)21(18)11-7-8-12-21/h16-19H,5-15H2,1-4H3,(H2,22,23,24). The van der Waals surface area contributed by atoms with Crippen LogP contribution in [0.1, 0.15) is 72.6 Å². The van der Waals surface area contributed by atoms with E-state index in [1.807, 2.05) is 0 Å². The van der Waals surface area contributed by atoms with Crippen molar-refractivity contribution in [2.75, 3.05) is 26.2 Å². The first-order valence-corrected chi connectivity index (χ1v) is 11.0. The summed E-state index contributed by atoms with van der Waals surface area (Å²) in [5, 5.41) is 7.54. The quantitative estimate of drug-likeness (QED) is 0.561. The van der Waals surface area contributed by atoms with Crippen molar-refractivity contribution in [3.63, 3.8) is 0 Å². The monoisotopic (exact) mass is 364 g/mol. The number of likely N-dealkylation sites (tertiary alicyclic amines) is 1. The van der Waals surface area contributed by atoms with Crippen molar-refractivity contribution in [2.24, 2.45) is 10.4 Å². The maximum absolute atomic E-state index is 6.07. The minimum absolute atomic E-state index is 0.354. The summed E-state index contributed by atoms with van der Waals surface area (Å²) in [5.41, 5.74) is 0.354. The molecule has 1 heterocycles. The van der Waals surface area contributed by atoms with Crippen LogP contribution in [0.25, 0.3) is 0 Å². The number of nitrogens with one attached hydrogen (secondary N) is 2. The highest BCUT2D eigenvalue weighted by molar-refractivity contribution is 5.80. The Hall–Kier alpha value is -0.810. The third-order valence-electron chi connectivity index (χ3n) is 6.92. The molecule has 0 radical (unpaired) electrons. The number of rotatable bonds is 6. The number of aliphatic imine (C=N–C) groups is 1. The van der Waals surface area contributed by atoms with E-state index in [2.05, 4.69) is 43.2 Å². The van der Waals surface area contributed by atoms with Gasteiger partial charge in [-0.1, -0.05) is 12.8 Å². The second kappa shape index (κ2) is 8.92. The molecule has 26 heavy (non-hydrogen) atoms. The van der Waals surface area contributed by atoms with Crippen LogP contribution in [-0.4, -0.2) is 61.3 Å². The fraction of sp³-hybridized carbons (Fsp3) is 0.952. The number of piperidine rings is 1. The second-order valence-electron chi connectivity index (χ2n) is 8.69. The molecule has 2 aliphatic carbocycles. The third-order valence-corrected chi connectivity index (χ3v) is 6.92. The summed E-state index contributed by atoms with van der Waals surface area (Å²) in [4.78, 5) is 7.34. The van der Waals surface area contributed by atoms with Crippen molar-refractivity contribution in [3.8, 4) is 0 Å². The first-order chi connectivity index (χ1) is 12.6. The summed E-state index contributed by atoms with van der Waals surface area (Å²) >= 11 is 0. The molecule has 3 rings (SSSR count). The van der Waals surface area contributed by atoms with Gasteiger partial charge < -0.3 is 20.3 Å². The zero-order chi connectivity index (χ0) is 18.6. The zero-order valence-electron chi connectivity index (χ0n) is 17.4. The van der Waals surface area contributed by atoms with Crippen molar-refractivity contribution in [3.05, 3.63) is 0 Å². The van der Waals surface area contributed by atoms with Crippen LogP contribution in [0, 0.1) is 5.41 Å². The number of ether oxygens (including phenoxy) is 1.